The van der Waals surface area contributed by atoms with E-state index < -0.39 is 0 Å². The van der Waals surface area contributed by atoms with Crippen LogP contribution in [0.1, 0.15) is 69.8 Å². The average molecular weight is 505 g/mol. The highest BCUT2D eigenvalue weighted by Crippen LogP contribution is 2.26. The van der Waals surface area contributed by atoms with Gasteiger partial charge in [0.15, 0.2) is 5.96 Å². The summed E-state index contributed by atoms with van der Waals surface area (Å²) >= 11 is 0. The Hall–Kier alpha value is -0.830. The zero-order chi connectivity index (χ0) is 19.3. The second-order valence-corrected chi connectivity index (χ2v) is 7.59. The van der Waals surface area contributed by atoms with E-state index in [0.717, 1.165) is 51.6 Å². The van der Waals surface area contributed by atoms with Crippen LogP contribution in [0.3, 0.4) is 0 Å². The SMILES string of the molecule is CCCCCCCCOCCCNC(=NC)N1CCC(c2cnn(C)c2)C1.I. The Labute approximate surface area is 188 Å². The molecular formula is C21H40IN5O. The number of aromatic nitrogens is 2. The van der Waals surface area contributed by atoms with Crippen LogP contribution in [0, 0.1) is 0 Å². The smallest absolute Gasteiger partial charge is 0.193 e. The Morgan fingerprint density at radius 3 is 2.68 bits per heavy atom. The van der Waals surface area contributed by atoms with Crippen molar-refractivity contribution >= 4 is 29.9 Å². The minimum atomic E-state index is 0. The molecule has 1 aromatic heterocycles. The number of ether oxygens (including phenoxy) is 1. The lowest BCUT2D eigenvalue weighted by Gasteiger charge is -2.21. The van der Waals surface area contributed by atoms with Gasteiger partial charge in [0.2, 0.25) is 0 Å². The molecule has 1 aliphatic rings. The monoisotopic (exact) mass is 505 g/mol. The van der Waals surface area contributed by atoms with Gasteiger partial charge >= 0.3 is 0 Å². The van der Waals surface area contributed by atoms with E-state index in [4.69, 9.17) is 4.74 Å². The zero-order valence-corrected chi connectivity index (χ0v) is 20.4. The standard InChI is InChI=1S/C21H39N5O.HI/c1-4-5-6-7-8-9-14-27-15-10-12-23-21(22-2)26-13-11-19(18-26)20-16-24-25(3)17-20;/h16-17,19H,4-15,18H2,1-3H3,(H,22,23);1H. The molecule has 6 nitrogen and oxygen atoms in total. The number of aliphatic imine (C=N–C) groups is 1. The number of hydrogen-bond acceptors (Lipinski definition) is 3. The predicted molar refractivity (Wildman–Crippen MR) is 128 cm³/mol. The number of rotatable bonds is 12. The summed E-state index contributed by atoms with van der Waals surface area (Å²) in [5, 5.41) is 7.79. The van der Waals surface area contributed by atoms with Crippen molar-refractivity contribution in [2.45, 2.75) is 64.2 Å². The molecule has 1 atom stereocenters. The Balaban J connectivity index is 0.00000392. The number of unbranched alkanes of at least 4 members (excludes halogenated alkanes) is 5. The molecule has 1 aromatic rings. The minimum absolute atomic E-state index is 0. The number of nitrogens with zero attached hydrogens (tertiary/aromatic N) is 4. The van der Waals surface area contributed by atoms with Crippen molar-refractivity contribution < 1.29 is 4.74 Å². The molecule has 0 radical (unpaired) electrons. The van der Waals surface area contributed by atoms with E-state index in [1.165, 1.54) is 44.1 Å². The van der Waals surface area contributed by atoms with Crippen molar-refractivity contribution in [1.29, 1.82) is 0 Å². The molecule has 2 heterocycles. The van der Waals surface area contributed by atoms with E-state index >= 15 is 0 Å². The van der Waals surface area contributed by atoms with Gasteiger partial charge in [0.1, 0.15) is 0 Å². The molecule has 0 spiro atoms. The van der Waals surface area contributed by atoms with Gasteiger partial charge in [-0.05, 0) is 24.8 Å². The topological polar surface area (TPSA) is 54.7 Å². The third-order valence-electron chi connectivity index (χ3n) is 5.29. The van der Waals surface area contributed by atoms with Crippen LogP contribution in [0.4, 0.5) is 0 Å². The molecule has 0 aliphatic carbocycles. The summed E-state index contributed by atoms with van der Waals surface area (Å²) in [5.41, 5.74) is 1.33. The average Bonchev–Trinajstić information content (AvgIpc) is 3.32. The Morgan fingerprint density at radius 2 is 1.96 bits per heavy atom. The molecule has 1 saturated heterocycles. The van der Waals surface area contributed by atoms with Crippen LogP contribution < -0.4 is 5.32 Å². The Morgan fingerprint density at radius 1 is 1.21 bits per heavy atom. The quantitative estimate of drug-likeness (QED) is 0.201. The zero-order valence-electron chi connectivity index (χ0n) is 18.0. The summed E-state index contributed by atoms with van der Waals surface area (Å²) in [6.07, 6.45) is 14.2. The molecule has 0 amide bonds. The fourth-order valence-electron chi connectivity index (χ4n) is 3.67. The molecule has 162 valence electrons. The van der Waals surface area contributed by atoms with E-state index in [2.05, 4.69) is 33.4 Å². The van der Waals surface area contributed by atoms with Crippen molar-refractivity contribution in [2.24, 2.45) is 12.0 Å². The third-order valence-corrected chi connectivity index (χ3v) is 5.29. The molecule has 0 saturated carbocycles. The molecule has 1 unspecified atom stereocenters. The molecule has 0 bridgehead atoms. The van der Waals surface area contributed by atoms with Crippen LogP contribution in [-0.2, 0) is 11.8 Å². The third kappa shape index (κ3) is 9.11. The van der Waals surface area contributed by atoms with Gasteiger partial charge in [-0.25, -0.2) is 0 Å². The molecule has 7 heteroatoms. The first kappa shape index (κ1) is 25.2. The summed E-state index contributed by atoms with van der Waals surface area (Å²) < 4.78 is 7.64. The number of likely N-dealkylation sites (tertiary alicyclic amines) is 1. The number of hydrogen-bond donors (Lipinski definition) is 1. The van der Waals surface area contributed by atoms with Crippen LogP contribution in [0.25, 0.3) is 0 Å². The van der Waals surface area contributed by atoms with Crippen LogP contribution >= 0.6 is 24.0 Å². The number of guanidine groups is 1. The van der Waals surface area contributed by atoms with Crippen LogP contribution in [0.2, 0.25) is 0 Å². The van der Waals surface area contributed by atoms with E-state index in [0.29, 0.717) is 5.92 Å². The second-order valence-electron chi connectivity index (χ2n) is 7.59. The van der Waals surface area contributed by atoms with Crippen molar-refractivity contribution in [1.82, 2.24) is 20.0 Å². The van der Waals surface area contributed by atoms with Crippen LogP contribution in [0.15, 0.2) is 17.4 Å². The van der Waals surface area contributed by atoms with Gasteiger partial charge in [-0.3, -0.25) is 9.67 Å². The van der Waals surface area contributed by atoms with E-state index in [1.54, 1.807) is 0 Å². The van der Waals surface area contributed by atoms with Crippen LogP contribution in [-0.4, -0.2) is 60.5 Å². The lowest BCUT2D eigenvalue weighted by molar-refractivity contribution is 0.128. The number of halogens is 1. The number of nitrogens with one attached hydrogen (secondary N) is 1. The van der Waals surface area contributed by atoms with E-state index in [9.17, 15) is 0 Å². The first-order valence-corrected chi connectivity index (χ1v) is 10.8. The van der Waals surface area contributed by atoms with Gasteiger partial charge in [0.05, 0.1) is 6.20 Å². The number of aryl methyl sites for hydroxylation is 1. The first-order valence-electron chi connectivity index (χ1n) is 10.8. The maximum Gasteiger partial charge on any atom is 0.193 e. The summed E-state index contributed by atoms with van der Waals surface area (Å²) in [4.78, 5) is 6.81. The summed E-state index contributed by atoms with van der Waals surface area (Å²) in [7, 11) is 3.85. The summed E-state index contributed by atoms with van der Waals surface area (Å²) in [6, 6.07) is 0. The van der Waals surface area contributed by atoms with Gasteiger partial charge in [0.25, 0.3) is 0 Å². The molecule has 2 rings (SSSR count). The Bertz CT molecular complexity index is 549. The summed E-state index contributed by atoms with van der Waals surface area (Å²) in [6.45, 7) is 6.97. The molecule has 1 fully saturated rings. The molecule has 28 heavy (non-hydrogen) atoms. The fourth-order valence-corrected chi connectivity index (χ4v) is 3.67. The lowest BCUT2D eigenvalue weighted by atomic mass is 10.0. The highest BCUT2D eigenvalue weighted by atomic mass is 127. The molecular weight excluding hydrogens is 465 g/mol. The van der Waals surface area contributed by atoms with E-state index in [-0.39, 0.29) is 24.0 Å². The highest BCUT2D eigenvalue weighted by molar-refractivity contribution is 14.0. The highest BCUT2D eigenvalue weighted by Gasteiger charge is 2.26. The predicted octanol–water partition coefficient (Wildman–Crippen LogP) is 4.17. The Kier molecular flexibility index (Phi) is 13.6. The largest absolute Gasteiger partial charge is 0.381 e. The van der Waals surface area contributed by atoms with Gasteiger partial charge in [0, 0.05) is 59.1 Å². The second kappa shape index (κ2) is 15.1. The van der Waals surface area contributed by atoms with Gasteiger partial charge in [-0.1, -0.05) is 39.0 Å². The molecule has 0 aromatic carbocycles. The molecule has 1 N–H and O–H groups in total. The maximum atomic E-state index is 5.76. The normalized spacial score (nSPS) is 17.0. The lowest BCUT2D eigenvalue weighted by Crippen LogP contribution is -2.40. The van der Waals surface area contributed by atoms with Crippen molar-refractivity contribution in [2.75, 3.05) is 39.9 Å². The van der Waals surface area contributed by atoms with Crippen molar-refractivity contribution in [3.05, 3.63) is 18.0 Å². The fraction of sp³-hybridized carbons (Fsp3) is 0.810. The van der Waals surface area contributed by atoms with Gasteiger partial charge in [-0.2, -0.15) is 5.10 Å². The molecule has 1 aliphatic heterocycles. The van der Waals surface area contributed by atoms with Crippen molar-refractivity contribution in [3.63, 3.8) is 0 Å². The first-order chi connectivity index (χ1) is 13.2. The van der Waals surface area contributed by atoms with Gasteiger partial charge in [-0.15, -0.1) is 24.0 Å². The van der Waals surface area contributed by atoms with E-state index in [1.807, 2.05) is 25.0 Å². The summed E-state index contributed by atoms with van der Waals surface area (Å²) in [5.74, 6) is 1.57. The maximum absolute atomic E-state index is 5.76. The van der Waals surface area contributed by atoms with Crippen molar-refractivity contribution in [3.8, 4) is 0 Å². The van der Waals surface area contributed by atoms with Gasteiger partial charge < -0.3 is 15.0 Å². The minimum Gasteiger partial charge on any atom is -0.381 e. The van der Waals surface area contributed by atoms with Crippen LogP contribution in [0.5, 0.6) is 0 Å².